The van der Waals surface area contributed by atoms with Gasteiger partial charge in [0.2, 0.25) is 5.95 Å². The quantitative estimate of drug-likeness (QED) is 0.511. The van der Waals surface area contributed by atoms with Crippen LogP contribution in [0.15, 0.2) is 42.6 Å². The number of carbonyl (C=O) groups excluding carboxylic acids is 2. The maximum absolute atomic E-state index is 12.8. The first-order valence-electron chi connectivity index (χ1n) is 8.85. The Kier molecular flexibility index (Phi) is 7.25. The fourth-order valence-electron chi connectivity index (χ4n) is 2.69. The van der Waals surface area contributed by atoms with Crippen LogP contribution in [0, 0.1) is 0 Å². The largest absolute Gasteiger partial charge is 0.467 e. The fourth-order valence-corrected chi connectivity index (χ4v) is 4.05. The van der Waals surface area contributed by atoms with Gasteiger partial charge in [-0.1, -0.05) is 29.3 Å². The summed E-state index contributed by atoms with van der Waals surface area (Å²) in [5, 5.41) is 6.49. The summed E-state index contributed by atoms with van der Waals surface area (Å²) in [6.45, 7) is 0. The molecule has 0 saturated carbocycles. The molecule has 7 nitrogen and oxygen atoms in total. The molecule has 30 heavy (non-hydrogen) atoms. The molecule has 0 unspecified atom stereocenters. The minimum Gasteiger partial charge on any atom is -0.467 e. The molecule has 156 valence electrons. The number of esters is 1. The fraction of sp³-hybridized carbons (Fsp3) is 0.200. The van der Waals surface area contributed by atoms with Gasteiger partial charge >= 0.3 is 5.97 Å². The second kappa shape index (κ2) is 9.88. The monoisotopic (exact) mass is 464 g/mol. The maximum atomic E-state index is 12.8. The number of hydrogen-bond donors (Lipinski definition) is 2. The van der Waals surface area contributed by atoms with Gasteiger partial charge in [0.15, 0.2) is 0 Å². The van der Waals surface area contributed by atoms with Crippen LogP contribution >= 0.6 is 34.5 Å². The molecule has 0 aliphatic carbocycles. The van der Waals surface area contributed by atoms with Gasteiger partial charge < -0.3 is 15.4 Å². The highest BCUT2D eigenvalue weighted by Crippen LogP contribution is 2.27. The average molecular weight is 465 g/mol. The number of carbonyl (C=O) groups is 2. The first kappa shape index (κ1) is 22.0. The lowest BCUT2D eigenvalue weighted by Crippen LogP contribution is -2.42. The van der Waals surface area contributed by atoms with Gasteiger partial charge in [-0.3, -0.25) is 4.79 Å². The van der Waals surface area contributed by atoms with Crippen molar-refractivity contribution in [3.05, 3.63) is 63.1 Å². The molecule has 0 saturated heterocycles. The Labute approximate surface area is 187 Å². The molecule has 1 atom stereocenters. The molecular weight excluding hydrogens is 447 g/mol. The van der Waals surface area contributed by atoms with E-state index in [-0.39, 0.29) is 6.42 Å². The smallest absolute Gasteiger partial charge is 0.328 e. The number of benzene rings is 1. The highest BCUT2D eigenvalue weighted by Gasteiger charge is 2.24. The number of aromatic nitrogens is 2. The molecule has 1 aromatic carbocycles. The van der Waals surface area contributed by atoms with Gasteiger partial charge in [-0.15, -0.1) is 11.3 Å². The molecule has 0 radical (unpaired) electrons. The Morgan fingerprint density at radius 1 is 1.20 bits per heavy atom. The van der Waals surface area contributed by atoms with Crippen molar-refractivity contribution in [2.24, 2.45) is 0 Å². The van der Waals surface area contributed by atoms with Crippen LogP contribution in [0.3, 0.4) is 0 Å². The predicted molar refractivity (Wildman–Crippen MR) is 118 cm³/mol. The number of methoxy groups -OCH3 is 1. The lowest BCUT2D eigenvalue weighted by molar-refractivity contribution is -0.142. The van der Waals surface area contributed by atoms with E-state index in [4.69, 9.17) is 27.9 Å². The number of rotatable bonds is 7. The standard InChI is InChI=1S/C20H18Cl2N4O3S/c1-23-20-24-8-7-14(26-20)16-5-6-17(30-16)18(27)25-15(19(28)29-2)9-11-3-4-12(21)10-13(11)22/h3-8,10,15H,9H2,1-2H3,(H,25,27)(H,23,24,26)/t15-/m0/s1. The number of hydrogen-bond acceptors (Lipinski definition) is 7. The van der Waals surface area contributed by atoms with Crippen molar-refractivity contribution in [1.82, 2.24) is 15.3 Å². The van der Waals surface area contributed by atoms with Crippen molar-refractivity contribution in [3.8, 4) is 10.6 Å². The molecule has 1 amide bonds. The Morgan fingerprint density at radius 2 is 2.00 bits per heavy atom. The number of thiophene rings is 1. The van der Waals surface area contributed by atoms with Crippen molar-refractivity contribution < 1.29 is 14.3 Å². The van der Waals surface area contributed by atoms with Gasteiger partial charge in [0, 0.05) is 29.7 Å². The first-order chi connectivity index (χ1) is 14.4. The van der Waals surface area contributed by atoms with Crippen molar-refractivity contribution in [1.29, 1.82) is 0 Å². The Hall–Kier alpha value is -2.68. The molecule has 0 fully saturated rings. The van der Waals surface area contributed by atoms with Crippen LogP contribution in [0.5, 0.6) is 0 Å². The molecule has 2 N–H and O–H groups in total. The minimum atomic E-state index is -0.901. The summed E-state index contributed by atoms with van der Waals surface area (Å²) in [4.78, 5) is 34.7. The van der Waals surface area contributed by atoms with E-state index in [0.29, 0.717) is 32.1 Å². The number of amides is 1. The Balaban J connectivity index is 1.77. The van der Waals surface area contributed by atoms with Crippen LogP contribution in [0.4, 0.5) is 5.95 Å². The predicted octanol–water partition coefficient (Wildman–Crippen LogP) is 4.07. The summed E-state index contributed by atoms with van der Waals surface area (Å²) < 4.78 is 4.84. The Morgan fingerprint density at radius 3 is 2.70 bits per heavy atom. The number of halogens is 2. The molecule has 2 heterocycles. The van der Waals surface area contributed by atoms with Crippen molar-refractivity contribution in [3.63, 3.8) is 0 Å². The average Bonchev–Trinajstić information content (AvgIpc) is 3.25. The second-order valence-electron chi connectivity index (χ2n) is 6.17. The summed E-state index contributed by atoms with van der Waals surface area (Å²) in [6.07, 6.45) is 1.81. The van der Waals surface area contributed by atoms with Gasteiger partial charge in [0.25, 0.3) is 5.91 Å². The molecule has 3 rings (SSSR count). The molecule has 0 spiro atoms. The van der Waals surface area contributed by atoms with Crippen LogP contribution in [0.1, 0.15) is 15.2 Å². The van der Waals surface area contributed by atoms with Crippen LogP contribution in [-0.2, 0) is 16.0 Å². The topological polar surface area (TPSA) is 93.2 Å². The summed E-state index contributed by atoms with van der Waals surface area (Å²) in [5.41, 5.74) is 1.36. The summed E-state index contributed by atoms with van der Waals surface area (Å²) in [6, 6.07) is 9.30. The van der Waals surface area contributed by atoms with Crippen LogP contribution in [0.2, 0.25) is 10.0 Å². The SMILES string of the molecule is CNc1nccc(-c2ccc(C(=O)N[C@@H](Cc3ccc(Cl)cc3Cl)C(=O)OC)s2)n1. The first-order valence-corrected chi connectivity index (χ1v) is 10.4. The van der Waals surface area contributed by atoms with Gasteiger partial charge in [0.05, 0.1) is 22.6 Å². The number of anilines is 1. The van der Waals surface area contributed by atoms with Crippen LogP contribution < -0.4 is 10.6 Å². The van der Waals surface area contributed by atoms with E-state index in [0.717, 1.165) is 4.88 Å². The highest BCUT2D eigenvalue weighted by atomic mass is 35.5. The van der Waals surface area contributed by atoms with Gasteiger partial charge in [-0.2, -0.15) is 0 Å². The minimum absolute atomic E-state index is 0.171. The van der Waals surface area contributed by atoms with E-state index in [1.807, 2.05) is 0 Å². The third kappa shape index (κ3) is 5.27. The molecule has 2 aromatic heterocycles. The van der Waals surface area contributed by atoms with Crippen molar-refractivity contribution in [2.45, 2.75) is 12.5 Å². The van der Waals surface area contributed by atoms with E-state index in [2.05, 4.69) is 20.6 Å². The lowest BCUT2D eigenvalue weighted by Gasteiger charge is -2.17. The van der Waals surface area contributed by atoms with E-state index in [1.54, 1.807) is 49.6 Å². The molecule has 0 bridgehead atoms. The second-order valence-corrected chi connectivity index (χ2v) is 8.10. The zero-order valence-corrected chi connectivity index (χ0v) is 18.4. The van der Waals surface area contributed by atoms with E-state index < -0.39 is 17.9 Å². The van der Waals surface area contributed by atoms with Crippen LogP contribution in [-0.4, -0.2) is 42.0 Å². The van der Waals surface area contributed by atoms with E-state index in [9.17, 15) is 9.59 Å². The van der Waals surface area contributed by atoms with Gasteiger partial charge in [-0.25, -0.2) is 14.8 Å². The third-order valence-corrected chi connectivity index (χ3v) is 5.89. The van der Waals surface area contributed by atoms with E-state index >= 15 is 0 Å². The molecule has 0 aliphatic heterocycles. The molecule has 3 aromatic rings. The number of nitrogens with one attached hydrogen (secondary N) is 2. The normalized spacial score (nSPS) is 11.6. The lowest BCUT2D eigenvalue weighted by atomic mass is 10.1. The van der Waals surface area contributed by atoms with Crippen molar-refractivity contribution in [2.75, 3.05) is 19.5 Å². The zero-order valence-electron chi connectivity index (χ0n) is 16.1. The molecule has 0 aliphatic rings. The summed E-state index contributed by atoms with van der Waals surface area (Å²) >= 11 is 13.4. The maximum Gasteiger partial charge on any atom is 0.328 e. The highest BCUT2D eigenvalue weighted by molar-refractivity contribution is 7.17. The van der Waals surface area contributed by atoms with Gasteiger partial charge in [0.1, 0.15) is 6.04 Å². The van der Waals surface area contributed by atoms with Gasteiger partial charge in [-0.05, 0) is 35.9 Å². The molecule has 10 heteroatoms. The van der Waals surface area contributed by atoms with Crippen LogP contribution in [0.25, 0.3) is 10.6 Å². The summed E-state index contributed by atoms with van der Waals surface area (Å²) in [7, 11) is 3.00. The third-order valence-electron chi connectivity index (χ3n) is 4.19. The number of ether oxygens (including phenoxy) is 1. The Bertz CT molecular complexity index is 1070. The summed E-state index contributed by atoms with van der Waals surface area (Å²) in [5.74, 6) is -0.479. The molecular formula is C20H18Cl2N4O3S. The zero-order chi connectivity index (χ0) is 21.7. The van der Waals surface area contributed by atoms with E-state index in [1.165, 1.54) is 18.4 Å². The van der Waals surface area contributed by atoms with Crippen molar-refractivity contribution >= 4 is 52.4 Å². The number of nitrogens with zero attached hydrogens (tertiary/aromatic N) is 2.